The molecule has 1 aliphatic heterocycles. The van der Waals surface area contributed by atoms with Crippen molar-refractivity contribution in [2.75, 3.05) is 27.2 Å². The van der Waals surface area contributed by atoms with Crippen molar-refractivity contribution in [3.8, 4) is 5.75 Å². The molecule has 1 saturated heterocycles. The first kappa shape index (κ1) is 16.3. The van der Waals surface area contributed by atoms with Crippen LogP contribution in [0.25, 0.3) is 0 Å². The maximum absolute atomic E-state index is 5.34. The lowest BCUT2D eigenvalue weighted by Gasteiger charge is -2.45. The number of hydrogen-bond donors (Lipinski definition) is 1. The zero-order valence-electron chi connectivity index (χ0n) is 14.2. The van der Waals surface area contributed by atoms with E-state index in [4.69, 9.17) is 4.74 Å². The molecule has 0 amide bonds. The van der Waals surface area contributed by atoms with Crippen LogP contribution in [0.4, 0.5) is 0 Å². The molecular weight excluding hydrogens is 260 g/mol. The average molecular weight is 290 g/mol. The summed E-state index contributed by atoms with van der Waals surface area (Å²) in [6.45, 7) is 9.34. The monoisotopic (exact) mass is 290 g/mol. The predicted molar refractivity (Wildman–Crippen MR) is 89.0 cm³/mol. The van der Waals surface area contributed by atoms with Crippen molar-refractivity contribution in [2.24, 2.45) is 0 Å². The van der Waals surface area contributed by atoms with E-state index in [0.29, 0.717) is 6.04 Å². The first-order chi connectivity index (χ1) is 10.1. The average Bonchev–Trinajstić information content (AvgIpc) is 3.04. The number of benzene rings is 1. The molecule has 0 radical (unpaired) electrons. The van der Waals surface area contributed by atoms with Crippen LogP contribution in [0.5, 0.6) is 5.75 Å². The van der Waals surface area contributed by atoms with E-state index in [2.05, 4.69) is 56.2 Å². The molecule has 0 saturated carbocycles. The van der Waals surface area contributed by atoms with Gasteiger partial charge in [-0.3, -0.25) is 4.90 Å². The zero-order valence-corrected chi connectivity index (χ0v) is 14.2. The van der Waals surface area contributed by atoms with E-state index in [1.807, 2.05) is 0 Å². The summed E-state index contributed by atoms with van der Waals surface area (Å²) < 4.78 is 5.34. The number of rotatable bonds is 6. The van der Waals surface area contributed by atoms with Gasteiger partial charge >= 0.3 is 0 Å². The molecule has 3 nitrogen and oxygen atoms in total. The molecule has 1 heterocycles. The Balaban J connectivity index is 2.36. The number of nitrogens with one attached hydrogen (secondary N) is 1. The molecule has 2 rings (SSSR count). The van der Waals surface area contributed by atoms with E-state index in [9.17, 15) is 0 Å². The third-order valence-corrected chi connectivity index (χ3v) is 5.24. The fourth-order valence-electron chi connectivity index (χ4n) is 3.74. The molecule has 118 valence electrons. The Bertz CT molecular complexity index is 468. The first-order valence-electron chi connectivity index (χ1n) is 8.13. The minimum Gasteiger partial charge on any atom is -0.497 e. The lowest BCUT2D eigenvalue weighted by molar-refractivity contribution is 0.0870. The summed E-state index contributed by atoms with van der Waals surface area (Å²) in [7, 11) is 3.81. The Morgan fingerprint density at radius 1 is 1.33 bits per heavy atom. The van der Waals surface area contributed by atoms with Gasteiger partial charge in [-0.25, -0.2) is 0 Å². The van der Waals surface area contributed by atoms with Gasteiger partial charge in [0.2, 0.25) is 0 Å². The lowest BCUT2D eigenvalue weighted by atomic mass is 9.81. The van der Waals surface area contributed by atoms with Gasteiger partial charge in [0.15, 0.2) is 0 Å². The van der Waals surface area contributed by atoms with Gasteiger partial charge in [-0.1, -0.05) is 13.0 Å². The summed E-state index contributed by atoms with van der Waals surface area (Å²) in [4.78, 5) is 2.66. The highest BCUT2D eigenvalue weighted by molar-refractivity contribution is 5.38. The maximum atomic E-state index is 5.34. The molecule has 3 heteroatoms. The molecule has 0 aromatic heterocycles. The van der Waals surface area contributed by atoms with Gasteiger partial charge < -0.3 is 10.1 Å². The van der Waals surface area contributed by atoms with Crippen LogP contribution in [0.1, 0.15) is 50.3 Å². The second-order valence-corrected chi connectivity index (χ2v) is 6.35. The largest absolute Gasteiger partial charge is 0.497 e. The van der Waals surface area contributed by atoms with Gasteiger partial charge in [0.05, 0.1) is 13.2 Å². The van der Waals surface area contributed by atoms with Crippen LogP contribution in [-0.2, 0) is 0 Å². The van der Waals surface area contributed by atoms with Crippen molar-refractivity contribution < 1.29 is 4.74 Å². The highest BCUT2D eigenvalue weighted by Gasteiger charge is 2.39. The van der Waals surface area contributed by atoms with Crippen LogP contribution >= 0.6 is 0 Å². The lowest BCUT2D eigenvalue weighted by Crippen LogP contribution is -2.52. The Labute approximate surface area is 129 Å². The van der Waals surface area contributed by atoms with Crippen molar-refractivity contribution in [3.63, 3.8) is 0 Å². The third kappa shape index (κ3) is 3.09. The van der Waals surface area contributed by atoms with Crippen molar-refractivity contribution in [1.29, 1.82) is 0 Å². The quantitative estimate of drug-likeness (QED) is 0.867. The van der Waals surface area contributed by atoms with Crippen LogP contribution in [0.3, 0.4) is 0 Å². The van der Waals surface area contributed by atoms with Crippen molar-refractivity contribution in [2.45, 2.75) is 51.6 Å². The number of ether oxygens (including phenoxy) is 1. The predicted octanol–water partition coefficient (Wildman–Crippen LogP) is 3.53. The van der Waals surface area contributed by atoms with Gasteiger partial charge in [-0.2, -0.15) is 0 Å². The molecule has 2 unspecified atom stereocenters. The Morgan fingerprint density at radius 3 is 2.48 bits per heavy atom. The fourth-order valence-corrected chi connectivity index (χ4v) is 3.74. The maximum Gasteiger partial charge on any atom is 0.119 e. The summed E-state index contributed by atoms with van der Waals surface area (Å²) in [6.07, 6.45) is 3.80. The summed E-state index contributed by atoms with van der Waals surface area (Å²) in [5.74, 6) is 0.936. The van der Waals surface area contributed by atoms with E-state index < -0.39 is 0 Å². The number of hydrogen-bond acceptors (Lipinski definition) is 3. The van der Waals surface area contributed by atoms with E-state index in [1.165, 1.54) is 37.1 Å². The van der Waals surface area contributed by atoms with E-state index in [0.717, 1.165) is 12.2 Å². The normalized spacial score (nSPS) is 20.2. The Hall–Kier alpha value is -1.06. The third-order valence-electron chi connectivity index (χ3n) is 5.24. The van der Waals surface area contributed by atoms with E-state index in [1.54, 1.807) is 7.11 Å². The molecule has 1 fully saturated rings. The standard InChI is InChI=1S/C18H30N2O/c1-6-18(3,20-11-7-8-12-20)17(19-4)16-10-9-15(21-5)13-14(16)2/h9-10,13,17,19H,6-8,11-12H2,1-5H3. The van der Waals surface area contributed by atoms with Crippen molar-refractivity contribution in [3.05, 3.63) is 29.3 Å². The van der Waals surface area contributed by atoms with Crippen LogP contribution in [0.2, 0.25) is 0 Å². The van der Waals surface area contributed by atoms with Crippen LogP contribution in [-0.4, -0.2) is 37.7 Å². The number of aryl methyl sites for hydroxylation is 1. The van der Waals surface area contributed by atoms with Crippen LogP contribution < -0.4 is 10.1 Å². The molecule has 1 aliphatic rings. The number of methoxy groups -OCH3 is 1. The van der Waals surface area contributed by atoms with Crippen molar-refractivity contribution in [1.82, 2.24) is 10.2 Å². The Kier molecular flexibility index (Phi) is 5.28. The summed E-state index contributed by atoms with van der Waals surface area (Å²) >= 11 is 0. The van der Waals surface area contributed by atoms with Gasteiger partial charge in [0, 0.05) is 5.54 Å². The molecule has 21 heavy (non-hydrogen) atoms. The second-order valence-electron chi connectivity index (χ2n) is 6.35. The number of nitrogens with zero attached hydrogens (tertiary/aromatic N) is 1. The van der Waals surface area contributed by atoms with E-state index >= 15 is 0 Å². The SMILES string of the molecule is CCC(C)(C(NC)c1ccc(OC)cc1C)N1CCCC1. The molecule has 1 aromatic carbocycles. The topological polar surface area (TPSA) is 24.5 Å². The smallest absolute Gasteiger partial charge is 0.119 e. The van der Waals surface area contributed by atoms with Gasteiger partial charge in [-0.15, -0.1) is 0 Å². The zero-order chi connectivity index (χ0) is 15.5. The molecule has 0 aliphatic carbocycles. The highest BCUT2D eigenvalue weighted by Crippen LogP contribution is 2.38. The second kappa shape index (κ2) is 6.80. The summed E-state index contributed by atoms with van der Waals surface area (Å²) in [6, 6.07) is 6.78. The van der Waals surface area contributed by atoms with Crippen molar-refractivity contribution >= 4 is 0 Å². The minimum absolute atomic E-state index is 0.157. The summed E-state index contributed by atoms with van der Waals surface area (Å²) in [5.41, 5.74) is 2.84. The molecule has 0 bridgehead atoms. The molecule has 1 N–H and O–H groups in total. The Morgan fingerprint density at radius 2 is 2.00 bits per heavy atom. The summed E-state index contributed by atoms with van der Waals surface area (Å²) in [5, 5.41) is 3.58. The van der Waals surface area contributed by atoms with Gasteiger partial charge in [0.1, 0.15) is 5.75 Å². The number of likely N-dealkylation sites (tertiary alicyclic amines) is 1. The van der Waals surface area contributed by atoms with Gasteiger partial charge in [-0.05, 0) is 76.5 Å². The minimum atomic E-state index is 0.157. The molecule has 1 aromatic rings. The molecule has 2 atom stereocenters. The van der Waals surface area contributed by atoms with Crippen LogP contribution in [0.15, 0.2) is 18.2 Å². The molecule has 0 spiro atoms. The molecular formula is C18H30N2O. The first-order valence-corrected chi connectivity index (χ1v) is 8.13. The number of likely N-dealkylation sites (N-methyl/N-ethyl adjacent to an activating group) is 1. The van der Waals surface area contributed by atoms with E-state index in [-0.39, 0.29) is 5.54 Å². The van der Waals surface area contributed by atoms with Crippen LogP contribution in [0, 0.1) is 6.92 Å². The van der Waals surface area contributed by atoms with Gasteiger partial charge in [0.25, 0.3) is 0 Å². The highest BCUT2D eigenvalue weighted by atomic mass is 16.5. The fraction of sp³-hybridized carbons (Fsp3) is 0.667.